The molecule has 2 N–H and O–H groups in total. The van der Waals surface area contributed by atoms with Gasteiger partial charge >= 0.3 is 11.9 Å². The van der Waals surface area contributed by atoms with E-state index in [4.69, 9.17) is 10.2 Å². The highest BCUT2D eigenvalue weighted by Crippen LogP contribution is 2.11. The molecule has 0 saturated carbocycles. The Labute approximate surface area is 148 Å². The molecule has 0 bridgehead atoms. The third kappa shape index (κ3) is 7.48. The Morgan fingerprint density at radius 3 is 2.20 bits per heavy atom. The molecule has 0 heterocycles. The van der Waals surface area contributed by atoms with Crippen LogP contribution in [-0.2, 0) is 6.42 Å². The topological polar surface area (TPSA) is 74.6 Å². The Hall–Kier alpha value is -2.88. The number of carbonyl (C=O) groups is 2. The van der Waals surface area contributed by atoms with Crippen molar-refractivity contribution in [1.29, 1.82) is 0 Å². The van der Waals surface area contributed by atoms with E-state index in [1.54, 1.807) is 6.92 Å². The molecule has 0 atom stereocenters. The average molecular weight is 340 g/mol. The first kappa shape index (κ1) is 20.2. The number of rotatable bonds is 6. The van der Waals surface area contributed by atoms with Crippen LogP contribution >= 0.6 is 0 Å². The van der Waals surface area contributed by atoms with Crippen LogP contribution in [0, 0.1) is 6.92 Å². The zero-order valence-corrected chi connectivity index (χ0v) is 14.6. The first-order valence-corrected chi connectivity index (χ1v) is 8.21. The highest BCUT2D eigenvalue weighted by atomic mass is 16.4. The number of hydrogen-bond donors (Lipinski definition) is 2. The lowest BCUT2D eigenvalue weighted by atomic mass is 10.1. The standard InChI is InChI=1S/C12H16.C9H8O4/c1-2-3-4-6-9-12-10-7-5-8-11-12;1-5-2-3-6(8(10)11)4-7(5)9(12)13/h3-5,7-8,10-11H,2,6,9H2,1H3;2-4H,1H3,(H,10,11)(H,12,13). The Morgan fingerprint density at radius 2 is 1.64 bits per heavy atom. The van der Waals surface area contributed by atoms with Crippen molar-refractivity contribution in [3.63, 3.8) is 0 Å². The largest absolute Gasteiger partial charge is 0.478 e. The van der Waals surface area contributed by atoms with Crippen molar-refractivity contribution in [2.45, 2.75) is 33.1 Å². The molecule has 2 rings (SSSR count). The Bertz CT molecular complexity index is 718. The first-order chi connectivity index (χ1) is 12.0. The molecule has 4 heteroatoms. The van der Waals surface area contributed by atoms with E-state index in [0.717, 1.165) is 25.3 Å². The molecule has 0 aliphatic heterocycles. The van der Waals surface area contributed by atoms with Crippen LogP contribution in [0.4, 0.5) is 0 Å². The van der Waals surface area contributed by atoms with Crippen molar-refractivity contribution in [1.82, 2.24) is 0 Å². The number of aromatic carboxylic acids is 2. The van der Waals surface area contributed by atoms with E-state index < -0.39 is 11.9 Å². The van der Waals surface area contributed by atoms with Gasteiger partial charge in [-0.2, -0.15) is 0 Å². The van der Waals surface area contributed by atoms with Gasteiger partial charge in [0.2, 0.25) is 0 Å². The minimum atomic E-state index is -1.12. The van der Waals surface area contributed by atoms with E-state index in [0.29, 0.717) is 5.56 Å². The SMILES string of the molecule is CCC=CCCc1ccccc1.Cc1ccc(C(=O)O)cc1C(=O)O. The van der Waals surface area contributed by atoms with Gasteiger partial charge in [-0.25, -0.2) is 9.59 Å². The summed E-state index contributed by atoms with van der Waals surface area (Å²) in [6, 6.07) is 14.6. The molecule has 0 fully saturated rings. The van der Waals surface area contributed by atoms with Gasteiger partial charge in [0.25, 0.3) is 0 Å². The van der Waals surface area contributed by atoms with Crippen LogP contribution in [0.5, 0.6) is 0 Å². The van der Waals surface area contributed by atoms with Crippen molar-refractivity contribution >= 4 is 11.9 Å². The van der Waals surface area contributed by atoms with Gasteiger partial charge in [0, 0.05) is 0 Å². The van der Waals surface area contributed by atoms with Gasteiger partial charge in [0.15, 0.2) is 0 Å². The maximum absolute atomic E-state index is 10.6. The highest BCUT2D eigenvalue weighted by Gasteiger charge is 2.10. The summed E-state index contributed by atoms with van der Waals surface area (Å²) in [6.45, 7) is 3.79. The number of aryl methyl sites for hydroxylation is 2. The third-order valence-electron chi connectivity index (χ3n) is 3.56. The first-order valence-electron chi connectivity index (χ1n) is 8.21. The van der Waals surface area contributed by atoms with Crippen molar-refractivity contribution in [3.05, 3.63) is 82.9 Å². The summed E-state index contributed by atoms with van der Waals surface area (Å²) in [5.74, 6) is -2.23. The Kier molecular flexibility index (Phi) is 8.72. The summed E-state index contributed by atoms with van der Waals surface area (Å²) in [5.41, 5.74) is 2.00. The molecule has 0 saturated heterocycles. The molecule has 2 aromatic rings. The van der Waals surface area contributed by atoms with Crippen LogP contribution < -0.4 is 0 Å². The summed E-state index contributed by atoms with van der Waals surface area (Å²) in [7, 11) is 0. The lowest BCUT2D eigenvalue weighted by molar-refractivity contribution is 0.0695. The van der Waals surface area contributed by atoms with Gasteiger partial charge in [0.05, 0.1) is 11.1 Å². The van der Waals surface area contributed by atoms with Gasteiger partial charge in [-0.15, -0.1) is 0 Å². The fraction of sp³-hybridized carbons (Fsp3) is 0.238. The van der Waals surface area contributed by atoms with Crippen LogP contribution in [0.25, 0.3) is 0 Å². The van der Waals surface area contributed by atoms with E-state index in [2.05, 4.69) is 49.4 Å². The molecule has 132 valence electrons. The van der Waals surface area contributed by atoms with Crippen LogP contribution in [0.15, 0.2) is 60.7 Å². The average Bonchev–Trinajstić information content (AvgIpc) is 2.60. The normalized spacial score (nSPS) is 10.2. The van der Waals surface area contributed by atoms with Crippen LogP contribution in [0.3, 0.4) is 0 Å². The third-order valence-corrected chi connectivity index (χ3v) is 3.56. The Morgan fingerprint density at radius 1 is 0.960 bits per heavy atom. The van der Waals surface area contributed by atoms with E-state index >= 15 is 0 Å². The minimum Gasteiger partial charge on any atom is -0.478 e. The second-order valence-corrected chi connectivity index (χ2v) is 5.54. The second kappa shape index (κ2) is 10.8. The molecule has 0 amide bonds. The van der Waals surface area contributed by atoms with Gasteiger partial charge in [0.1, 0.15) is 0 Å². The fourth-order valence-electron chi connectivity index (χ4n) is 2.16. The number of carboxylic acid groups (broad SMARTS) is 2. The van der Waals surface area contributed by atoms with Crippen molar-refractivity contribution in [2.75, 3.05) is 0 Å². The number of allylic oxidation sites excluding steroid dienone is 2. The molecule has 25 heavy (non-hydrogen) atoms. The molecule has 0 spiro atoms. The Balaban J connectivity index is 0.000000251. The zero-order chi connectivity index (χ0) is 18.7. The van der Waals surface area contributed by atoms with Crippen molar-refractivity contribution in [2.24, 2.45) is 0 Å². The van der Waals surface area contributed by atoms with E-state index in [9.17, 15) is 9.59 Å². The molecule has 0 unspecified atom stereocenters. The molecule has 0 aromatic heterocycles. The number of hydrogen-bond acceptors (Lipinski definition) is 2. The maximum Gasteiger partial charge on any atom is 0.335 e. The fourth-order valence-corrected chi connectivity index (χ4v) is 2.16. The van der Waals surface area contributed by atoms with E-state index in [-0.39, 0.29) is 11.1 Å². The van der Waals surface area contributed by atoms with Gasteiger partial charge in [-0.1, -0.05) is 55.5 Å². The van der Waals surface area contributed by atoms with Crippen molar-refractivity contribution < 1.29 is 19.8 Å². The molecule has 0 aliphatic carbocycles. The molecular weight excluding hydrogens is 316 g/mol. The summed E-state index contributed by atoms with van der Waals surface area (Å²) in [6.07, 6.45) is 7.96. The smallest absolute Gasteiger partial charge is 0.335 e. The molecule has 0 aliphatic rings. The monoisotopic (exact) mass is 340 g/mol. The van der Waals surface area contributed by atoms with Gasteiger partial charge < -0.3 is 10.2 Å². The maximum atomic E-state index is 10.6. The van der Waals surface area contributed by atoms with Crippen LogP contribution in [0.1, 0.15) is 51.6 Å². The molecular formula is C21H24O4. The second-order valence-electron chi connectivity index (χ2n) is 5.54. The van der Waals surface area contributed by atoms with Crippen LogP contribution in [-0.4, -0.2) is 22.2 Å². The quantitative estimate of drug-likeness (QED) is 0.728. The summed E-state index contributed by atoms with van der Waals surface area (Å²) in [4.78, 5) is 21.1. The lowest BCUT2D eigenvalue weighted by Crippen LogP contribution is -2.03. The van der Waals surface area contributed by atoms with E-state index in [1.807, 2.05) is 0 Å². The summed E-state index contributed by atoms with van der Waals surface area (Å²) in [5, 5.41) is 17.3. The minimum absolute atomic E-state index is 0.0111. The van der Waals surface area contributed by atoms with E-state index in [1.165, 1.54) is 17.7 Å². The summed E-state index contributed by atoms with van der Waals surface area (Å²) < 4.78 is 0. The lowest BCUT2D eigenvalue weighted by Gasteiger charge is -2.01. The summed E-state index contributed by atoms with van der Waals surface area (Å²) >= 11 is 0. The predicted octanol–water partition coefficient (Wildman–Crippen LogP) is 4.98. The van der Waals surface area contributed by atoms with Gasteiger partial charge in [-0.05, 0) is 49.4 Å². The number of carboxylic acids is 2. The molecule has 4 nitrogen and oxygen atoms in total. The van der Waals surface area contributed by atoms with Crippen LogP contribution in [0.2, 0.25) is 0 Å². The van der Waals surface area contributed by atoms with Gasteiger partial charge in [-0.3, -0.25) is 0 Å². The molecule has 0 radical (unpaired) electrons. The molecule has 2 aromatic carbocycles. The predicted molar refractivity (Wildman–Crippen MR) is 99.3 cm³/mol. The highest BCUT2D eigenvalue weighted by molar-refractivity contribution is 5.94. The zero-order valence-electron chi connectivity index (χ0n) is 14.6. The van der Waals surface area contributed by atoms with Crippen molar-refractivity contribution in [3.8, 4) is 0 Å². The number of benzene rings is 2.